The summed E-state index contributed by atoms with van der Waals surface area (Å²) in [5.41, 5.74) is 0.219. The van der Waals surface area contributed by atoms with Crippen LogP contribution in [0.15, 0.2) is 18.2 Å². The van der Waals surface area contributed by atoms with Gasteiger partial charge in [0.05, 0.1) is 6.07 Å². The number of hydrogen-bond donors (Lipinski definition) is 0. The van der Waals surface area contributed by atoms with Crippen molar-refractivity contribution in [2.75, 3.05) is 26.2 Å². The molecule has 1 atom stereocenters. The maximum absolute atomic E-state index is 14.0. The topological polar surface area (TPSA) is 47.3 Å². The van der Waals surface area contributed by atoms with Gasteiger partial charge in [0, 0.05) is 43.2 Å². The molecule has 0 bridgehead atoms. The average molecular weight is 310 g/mol. The number of benzene rings is 1. The summed E-state index contributed by atoms with van der Waals surface area (Å²) in [5.74, 6) is -0.367. The van der Waals surface area contributed by atoms with Crippen molar-refractivity contribution in [3.05, 3.63) is 34.6 Å². The molecule has 0 saturated carbocycles. The number of rotatable bonds is 3. The van der Waals surface area contributed by atoms with Gasteiger partial charge in [0.15, 0.2) is 0 Å². The standard InChI is InChI=1S/C15H17ClFN3O/c1-2-14(21)20-8-6-19(7-9-20)13(10-18)15-11(16)4-3-5-12(15)17/h3-5,13H,2,6-9H2,1H3/t13-/m0/s1. The number of nitrogens with zero attached hydrogens (tertiary/aromatic N) is 3. The van der Waals surface area contributed by atoms with Crippen molar-refractivity contribution in [3.8, 4) is 6.07 Å². The molecule has 1 aromatic carbocycles. The molecule has 2 rings (SSSR count). The molecule has 112 valence electrons. The van der Waals surface area contributed by atoms with Crippen LogP contribution in [-0.4, -0.2) is 41.9 Å². The summed E-state index contributed by atoms with van der Waals surface area (Å²) < 4.78 is 14.0. The van der Waals surface area contributed by atoms with Crippen molar-refractivity contribution in [2.45, 2.75) is 19.4 Å². The van der Waals surface area contributed by atoms with Crippen LogP contribution in [0.4, 0.5) is 4.39 Å². The molecule has 0 aromatic heterocycles. The second-order valence-electron chi connectivity index (χ2n) is 4.94. The molecule has 0 aliphatic carbocycles. The number of carbonyl (C=O) groups excluding carboxylic acids is 1. The monoisotopic (exact) mass is 309 g/mol. The summed E-state index contributed by atoms with van der Waals surface area (Å²) in [6.07, 6.45) is 0.473. The summed E-state index contributed by atoms with van der Waals surface area (Å²) >= 11 is 6.04. The van der Waals surface area contributed by atoms with E-state index in [0.717, 1.165) is 0 Å². The van der Waals surface area contributed by atoms with Crippen LogP contribution in [0.3, 0.4) is 0 Å². The first-order valence-corrected chi connectivity index (χ1v) is 7.31. The second kappa shape index (κ2) is 6.88. The van der Waals surface area contributed by atoms with E-state index in [1.54, 1.807) is 11.0 Å². The molecule has 0 N–H and O–H groups in total. The van der Waals surface area contributed by atoms with E-state index in [1.165, 1.54) is 12.1 Å². The van der Waals surface area contributed by atoms with Gasteiger partial charge in [0.2, 0.25) is 5.91 Å². The Balaban J connectivity index is 2.14. The maximum atomic E-state index is 14.0. The summed E-state index contributed by atoms with van der Waals surface area (Å²) in [6.45, 7) is 4.00. The number of carbonyl (C=O) groups is 1. The number of amides is 1. The van der Waals surface area contributed by atoms with Crippen molar-refractivity contribution < 1.29 is 9.18 Å². The van der Waals surface area contributed by atoms with E-state index in [1.807, 2.05) is 11.8 Å². The lowest BCUT2D eigenvalue weighted by Gasteiger charge is -2.37. The summed E-state index contributed by atoms with van der Waals surface area (Å²) in [4.78, 5) is 15.3. The predicted molar refractivity (Wildman–Crippen MR) is 78.2 cm³/mol. The molecule has 1 saturated heterocycles. The lowest BCUT2D eigenvalue weighted by Crippen LogP contribution is -2.49. The number of halogens is 2. The van der Waals surface area contributed by atoms with Crippen molar-refractivity contribution in [1.82, 2.24) is 9.80 Å². The van der Waals surface area contributed by atoms with Crippen LogP contribution in [0.2, 0.25) is 5.02 Å². The normalized spacial score (nSPS) is 17.3. The highest BCUT2D eigenvalue weighted by atomic mass is 35.5. The van der Waals surface area contributed by atoms with E-state index in [0.29, 0.717) is 32.6 Å². The quantitative estimate of drug-likeness (QED) is 0.862. The smallest absolute Gasteiger partial charge is 0.222 e. The van der Waals surface area contributed by atoms with Crippen LogP contribution >= 0.6 is 11.6 Å². The fourth-order valence-corrected chi connectivity index (χ4v) is 2.82. The molecule has 0 spiro atoms. The van der Waals surface area contributed by atoms with Gasteiger partial charge in [-0.15, -0.1) is 0 Å². The van der Waals surface area contributed by atoms with Crippen LogP contribution in [0.1, 0.15) is 24.9 Å². The largest absolute Gasteiger partial charge is 0.340 e. The van der Waals surface area contributed by atoms with E-state index < -0.39 is 11.9 Å². The van der Waals surface area contributed by atoms with Crippen LogP contribution in [0.25, 0.3) is 0 Å². The van der Waals surface area contributed by atoms with Crippen molar-refractivity contribution in [2.24, 2.45) is 0 Å². The third-order valence-electron chi connectivity index (χ3n) is 3.73. The first kappa shape index (κ1) is 15.7. The molecule has 0 unspecified atom stereocenters. The molecule has 1 aliphatic rings. The molecular weight excluding hydrogens is 293 g/mol. The van der Waals surface area contributed by atoms with E-state index in [2.05, 4.69) is 6.07 Å². The number of nitriles is 1. The van der Waals surface area contributed by atoms with E-state index in [9.17, 15) is 14.4 Å². The van der Waals surface area contributed by atoms with Gasteiger partial charge in [0.1, 0.15) is 11.9 Å². The van der Waals surface area contributed by atoms with Crippen molar-refractivity contribution in [3.63, 3.8) is 0 Å². The minimum absolute atomic E-state index is 0.104. The van der Waals surface area contributed by atoms with Gasteiger partial charge in [-0.05, 0) is 12.1 Å². The first-order chi connectivity index (χ1) is 10.1. The lowest BCUT2D eigenvalue weighted by atomic mass is 10.0. The van der Waals surface area contributed by atoms with E-state index >= 15 is 0 Å². The van der Waals surface area contributed by atoms with E-state index in [-0.39, 0.29) is 16.5 Å². The molecule has 1 aromatic rings. The molecule has 1 fully saturated rings. The van der Waals surface area contributed by atoms with Gasteiger partial charge in [-0.25, -0.2) is 4.39 Å². The lowest BCUT2D eigenvalue weighted by molar-refractivity contribution is -0.132. The van der Waals surface area contributed by atoms with Gasteiger partial charge in [0.25, 0.3) is 0 Å². The van der Waals surface area contributed by atoms with Crippen LogP contribution in [0, 0.1) is 17.1 Å². The Morgan fingerprint density at radius 1 is 1.43 bits per heavy atom. The number of hydrogen-bond acceptors (Lipinski definition) is 3. The molecule has 4 nitrogen and oxygen atoms in total. The van der Waals surface area contributed by atoms with Crippen LogP contribution in [-0.2, 0) is 4.79 Å². The van der Waals surface area contributed by atoms with E-state index in [4.69, 9.17) is 11.6 Å². The first-order valence-electron chi connectivity index (χ1n) is 6.93. The molecule has 1 amide bonds. The predicted octanol–water partition coefficient (Wildman–Crippen LogP) is 2.60. The van der Waals surface area contributed by atoms with Gasteiger partial charge in [-0.3, -0.25) is 9.69 Å². The Morgan fingerprint density at radius 3 is 2.62 bits per heavy atom. The van der Waals surface area contributed by atoms with Gasteiger partial charge in [-0.1, -0.05) is 24.6 Å². The minimum atomic E-state index is -0.724. The van der Waals surface area contributed by atoms with Gasteiger partial charge < -0.3 is 4.90 Å². The zero-order valence-electron chi connectivity index (χ0n) is 11.9. The average Bonchev–Trinajstić information content (AvgIpc) is 2.50. The highest BCUT2D eigenvalue weighted by Gasteiger charge is 2.29. The summed E-state index contributed by atoms with van der Waals surface area (Å²) in [7, 11) is 0. The molecule has 6 heteroatoms. The van der Waals surface area contributed by atoms with Gasteiger partial charge in [-0.2, -0.15) is 5.26 Å². The Bertz CT molecular complexity index is 544. The molecule has 1 aliphatic heterocycles. The van der Waals surface area contributed by atoms with Gasteiger partial charge >= 0.3 is 0 Å². The third kappa shape index (κ3) is 3.34. The summed E-state index contributed by atoms with van der Waals surface area (Å²) in [5, 5.41) is 9.66. The van der Waals surface area contributed by atoms with Crippen molar-refractivity contribution >= 4 is 17.5 Å². The third-order valence-corrected chi connectivity index (χ3v) is 4.06. The minimum Gasteiger partial charge on any atom is -0.340 e. The number of piperazine rings is 1. The second-order valence-corrected chi connectivity index (χ2v) is 5.34. The highest BCUT2D eigenvalue weighted by Crippen LogP contribution is 2.30. The maximum Gasteiger partial charge on any atom is 0.222 e. The Morgan fingerprint density at radius 2 is 2.10 bits per heavy atom. The molecule has 21 heavy (non-hydrogen) atoms. The van der Waals surface area contributed by atoms with Crippen LogP contribution in [0.5, 0.6) is 0 Å². The molecule has 0 radical (unpaired) electrons. The van der Waals surface area contributed by atoms with Crippen LogP contribution < -0.4 is 0 Å². The summed E-state index contributed by atoms with van der Waals surface area (Å²) in [6, 6.07) is 5.82. The zero-order valence-corrected chi connectivity index (χ0v) is 12.6. The molecule has 1 heterocycles. The Kier molecular flexibility index (Phi) is 5.16. The van der Waals surface area contributed by atoms with Crippen molar-refractivity contribution in [1.29, 1.82) is 5.26 Å². The fourth-order valence-electron chi connectivity index (χ4n) is 2.55. The highest BCUT2D eigenvalue weighted by molar-refractivity contribution is 6.31. The zero-order chi connectivity index (χ0) is 15.4. The fraction of sp³-hybridized carbons (Fsp3) is 0.467. The Labute approximate surface area is 128 Å². The SMILES string of the molecule is CCC(=O)N1CCN([C@@H](C#N)c2c(F)cccc2Cl)CC1. The Hall–Kier alpha value is -1.64. The molecular formula is C15H17ClFN3O.